The van der Waals surface area contributed by atoms with Crippen molar-refractivity contribution in [1.29, 1.82) is 0 Å². The standard InChI is InChI=1S/C11H15NO3S/c1-7(12)5-8-6-9-10(13)3-2-4-11(9)16(8,14)15/h2-4,7-8,13H,5-6,12H2,1H3. The molecule has 16 heavy (non-hydrogen) atoms. The van der Waals surface area contributed by atoms with Crippen LogP contribution >= 0.6 is 0 Å². The summed E-state index contributed by atoms with van der Waals surface area (Å²) in [7, 11) is -3.30. The topological polar surface area (TPSA) is 80.4 Å². The number of aromatic hydroxyl groups is 1. The molecule has 1 aromatic rings. The van der Waals surface area contributed by atoms with Gasteiger partial charge in [-0.25, -0.2) is 8.42 Å². The zero-order chi connectivity index (χ0) is 11.9. The molecule has 0 fully saturated rings. The normalized spacial score (nSPS) is 24.0. The van der Waals surface area contributed by atoms with Gasteiger partial charge in [-0.3, -0.25) is 0 Å². The minimum absolute atomic E-state index is 0.0632. The number of sulfone groups is 1. The van der Waals surface area contributed by atoms with Crippen molar-refractivity contribution < 1.29 is 13.5 Å². The van der Waals surface area contributed by atoms with Gasteiger partial charge < -0.3 is 10.8 Å². The van der Waals surface area contributed by atoms with Crippen molar-refractivity contribution in [3.05, 3.63) is 23.8 Å². The molecule has 2 rings (SSSR count). The average Bonchev–Trinajstić information content (AvgIpc) is 2.41. The van der Waals surface area contributed by atoms with Crippen LogP contribution in [-0.2, 0) is 16.3 Å². The fourth-order valence-corrected chi connectivity index (χ4v) is 4.27. The second kappa shape index (κ2) is 3.75. The Hall–Kier alpha value is -1.07. The van der Waals surface area contributed by atoms with Gasteiger partial charge in [0.25, 0.3) is 0 Å². The van der Waals surface area contributed by atoms with Crippen LogP contribution in [0.4, 0.5) is 0 Å². The fraction of sp³-hybridized carbons (Fsp3) is 0.455. The van der Waals surface area contributed by atoms with Crippen LogP contribution < -0.4 is 5.73 Å². The molecular weight excluding hydrogens is 226 g/mol. The lowest BCUT2D eigenvalue weighted by Crippen LogP contribution is -2.27. The molecule has 0 spiro atoms. The van der Waals surface area contributed by atoms with Crippen molar-refractivity contribution in [2.45, 2.75) is 36.0 Å². The quantitative estimate of drug-likeness (QED) is 0.803. The molecule has 3 N–H and O–H groups in total. The number of hydrogen-bond acceptors (Lipinski definition) is 4. The Labute approximate surface area is 95.0 Å². The van der Waals surface area contributed by atoms with Crippen LogP contribution in [0.25, 0.3) is 0 Å². The van der Waals surface area contributed by atoms with Crippen molar-refractivity contribution in [3.63, 3.8) is 0 Å². The van der Waals surface area contributed by atoms with E-state index in [4.69, 9.17) is 5.73 Å². The highest BCUT2D eigenvalue weighted by molar-refractivity contribution is 7.92. The average molecular weight is 241 g/mol. The lowest BCUT2D eigenvalue weighted by Gasteiger charge is -2.11. The summed E-state index contributed by atoms with van der Waals surface area (Å²) in [5, 5.41) is 9.13. The van der Waals surface area contributed by atoms with E-state index in [2.05, 4.69) is 0 Å². The van der Waals surface area contributed by atoms with E-state index in [0.29, 0.717) is 18.4 Å². The highest BCUT2D eigenvalue weighted by atomic mass is 32.2. The molecule has 0 radical (unpaired) electrons. The molecule has 2 unspecified atom stereocenters. The van der Waals surface area contributed by atoms with Crippen LogP contribution in [0, 0.1) is 0 Å². The number of phenolic OH excluding ortho intramolecular Hbond substituents is 1. The van der Waals surface area contributed by atoms with Crippen LogP contribution in [0.5, 0.6) is 5.75 Å². The minimum atomic E-state index is -3.30. The smallest absolute Gasteiger partial charge is 0.182 e. The number of nitrogens with two attached hydrogens (primary N) is 1. The molecule has 0 aromatic heterocycles. The number of benzene rings is 1. The maximum atomic E-state index is 12.1. The van der Waals surface area contributed by atoms with Crippen LogP contribution in [0.15, 0.2) is 23.1 Å². The molecule has 2 atom stereocenters. The van der Waals surface area contributed by atoms with E-state index >= 15 is 0 Å². The van der Waals surface area contributed by atoms with Gasteiger partial charge in [0, 0.05) is 11.6 Å². The molecule has 0 amide bonds. The van der Waals surface area contributed by atoms with Crippen molar-refractivity contribution in [2.24, 2.45) is 5.73 Å². The highest BCUT2D eigenvalue weighted by Crippen LogP contribution is 2.37. The SMILES string of the molecule is CC(N)CC1Cc2c(O)cccc2S1(=O)=O. The lowest BCUT2D eigenvalue weighted by atomic mass is 10.1. The summed E-state index contributed by atoms with van der Waals surface area (Å²) >= 11 is 0. The van der Waals surface area contributed by atoms with Crippen LogP contribution in [0.1, 0.15) is 18.9 Å². The van der Waals surface area contributed by atoms with E-state index in [9.17, 15) is 13.5 Å². The third-order valence-electron chi connectivity index (χ3n) is 2.92. The van der Waals surface area contributed by atoms with E-state index in [1.54, 1.807) is 19.1 Å². The van der Waals surface area contributed by atoms with E-state index in [1.165, 1.54) is 6.07 Å². The number of fused-ring (bicyclic) bond motifs is 1. The minimum Gasteiger partial charge on any atom is -0.508 e. The zero-order valence-corrected chi connectivity index (χ0v) is 9.87. The summed E-state index contributed by atoms with van der Waals surface area (Å²) in [6, 6.07) is 4.46. The van der Waals surface area contributed by atoms with Gasteiger partial charge in [0.1, 0.15) is 5.75 Å². The second-order valence-electron chi connectivity index (χ2n) is 4.34. The zero-order valence-electron chi connectivity index (χ0n) is 9.05. The predicted molar refractivity (Wildman–Crippen MR) is 61.1 cm³/mol. The molecule has 5 heteroatoms. The van der Waals surface area contributed by atoms with E-state index in [0.717, 1.165) is 0 Å². The molecule has 1 heterocycles. The Bertz CT molecular complexity index is 508. The van der Waals surface area contributed by atoms with E-state index in [-0.39, 0.29) is 16.7 Å². The predicted octanol–water partition coefficient (Wildman–Crippen LogP) is 0.828. The summed E-state index contributed by atoms with van der Waals surface area (Å²) in [6.45, 7) is 1.79. The van der Waals surface area contributed by atoms with Crippen molar-refractivity contribution in [3.8, 4) is 5.75 Å². The monoisotopic (exact) mass is 241 g/mol. The highest BCUT2D eigenvalue weighted by Gasteiger charge is 2.38. The molecule has 4 nitrogen and oxygen atoms in total. The number of hydrogen-bond donors (Lipinski definition) is 2. The Morgan fingerprint density at radius 3 is 2.81 bits per heavy atom. The summed E-state index contributed by atoms with van der Waals surface area (Å²) in [4.78, 5) is 0.262. The number of rotatable bonds is 2. The van der Waals surface area contributed by atoms with Crippen LogP contribution in [0.2, 0.25) is 0 Å². The van der Waals surface area contributed by atoms with Crippen LogP contribution in [-0.4, -0.2) is 24.8 Å². The Balaban J connectivity index is 2.46. The maximum Gasteiger partial charge on any atom is 0.182 e. The van der Waals surface area contributed by atoms with Gasteiger partial charge in [0.2, 0.25) is 0 Å². The molecule has 1 aliphatic heterocycles. The van der Waals surface area contributed by atoms with E-state index in [1.807, 2.05) is 0 Å². The fourth-order valence-electron chi connectivity index (χ4n) is 2.17. The molecule has 0 bridgehead atoms. The Morgan fingerprint density at radius 1 is 1.56 bits per heavy atom. The molecule has 88 valence electrons. The summed E-state index contributed by atoms with van der Waals surface area (Å²) in [6.07, 6.45) is 0.794. The van der Waals surface area contributed by atoms with Crippen molar-refractivity contribution >= 4 is 9.84 Å². The molecule has 1 aliphatic rings. The third kappa shape index (κ3) is 1.70. The van der Waals surface area contributed by atoms with Crippen LogP contribution in [0.3, 0.4) is 0 Å². The molecule has 0 saturated carbocycles. The van der Waals surface area contributed by atoms with Gasteiger partial charge >= 0.3 is 0 Å². The summed E-state index contributed by atoms with van der Waals surface area (Å²) < 4.78 is 24.2. The summed E-state index contributed by atoms with van der Waals surface area (Å²) in [5.41, 5.74) is 6.17. The van der Waals surface area contributed by atoms with Crippen molar-refractivity contribution in [2.75, 3.05) is 0 Å². The Kier molecular flexibility index (Phi) is 2.67. The number of phenols is 1. The first-order valence-electron chi connectivity index (χ1n) is 5.23. The van der Waals surface area contributed by atoms with Gasteiger partial charge in [0.15, 0.2) is 9.84 Å². The third-order valence-corrected chi connectivity index (χ3v) is 5.15. The lowest BCUT2D eigenvalue weighted by molar-refractivity contribution is 0.465. The first-order chi connectivity index (χ1) is 7.43. The largest absolute Gasteiger partial charge is 0.508 e. The van der Waals surface area contributed by atoms with Gasteiger partial charge in [-0.2, -0.15) is 0 Å². The summed E-state index contributed by atoms with van der Waals surface area (Å²) in [5.74, 6) is 0.0632. The molecular formula is C11H15NO3S. The van der Waals surface area contributed by atoms with Gasteiger partial charge in [-0.15, -0.1) is 0 Å². The van der Waals surface area contributed by atoms with Crippen molar-refractivity contribution in [1.82, 2.24) is 0 Å². The Morgan fingerprint density at radius 2 is 2.25 bits per heavy atom. The van der Waals surface area contributed by atoms with E-state index < -0.39 is 15.1 Å². The maximum absolute atomic E-state index is 12.1. The van der Waals surface area contributed by atoms with Gasteiger partial charge in [-0.1, -0.05) is 6.07 Å². The first-order valence-corrected chi connectivity index (χ1v) is 6.78. The molecule has 0 saturated heterocycles. The van der Waals surface area contributed by atoms with Gasteiger partial charge in [-0.05, 0) is 31.9 Å². The first kappa shape index (κ1) is 11.4. The molecule has 1 aromatic carbocycles. The second-order valence-corrected chi connectivity index (χ2v) is 6.53. The molecule has 0 aliphatic carbocycles. The van der Waals surface area contributed by atoms with Gasteiger partial charge in [0.05, 0.1) is 10.1 Å².